The lowest BCUT2D eigenvalue weighted by atomic mass is 9.86. The second-order valence-corrected chi connectivity index (χ2v) is 13.2. The van der Waals surface area contributed by atoms with Crippen LogP contribution < -0.4 is 4.74 Å². The van der Waals surface area contributed by atoms with Gasteiger partial charge in [0.25, 0.3) is 0 Å². The van der Waals surface area contributed by atoms with Crippen molar-refractivity contribution in [3.8, 4) is 11.5 Å². The molecule has 0 radical (unpaired) electrons. The molecule has 0 aromatic heterocycles. The van der Waals surface area contributed by atoms with Gasteiger partial charge in [0.2, 0.25) is 0 Å². The number of hydrogen-bond donors (Lipinski definition) is 0. The van der Waals surface area contributed by atoms with E-state index in [1.54, 1.807) is 0 Å². The fourth-order valence-electron chi connectivity index (χ4n) is 4.64. The van der Waals surface area contributed by atoms with Crippen LogP contribution in [0.2, 0.25) is 0 Å². The third kappa shape index (κ3) is 3.60. The van der Waals surface area contributed by atoms with Crippen LogP contribution in [0.25, 0.3) is 0 Å². The van der Waals surface area contributed by atoms with E-state index in [9.17, 15) is 4.79 Å². The highest BCUT2D eigenvalue weighted by Gasteiger charge is 2.43. The molecule has 4 rings (SSSR count). The highest BCUT2D eigenvalue weighted by atomic mass is 32.3. The first-order valence-electron chi connectivity index (χ1n) is 10.0. The topological polar surface area (TPSA) is 35.5 Å². The van der Waals surface area contributed by atoms with Crippen molar-refractivity contribution in [3.63, 3.8) is 0 Å². The number of ether oxygens (including phenoxy) is 2. The van der Waals surface area contributed by atoms with Gasteiger partial charge in [-0.2, -0.15) is 0 Å². The van der Waals surface area contributed by atoms with Crippen LogP contribution in [0.1, 0.15) is 42.3 Å². The maximum atomic E-state index is 13.8. The predicted octanol–water partition coefficient (Wildman–Crippen LogP) is 5.45. The Hall–Kier alpha value is -1.78. The number of carbonyl (C=O) groups is 1. The van der Waals surface area contributed by atoms with E-state index in [1.807, 2.05) is 30.3 Å². The van der Waals surface area contributed by atoms with Crippen LogP contribution in [0.5, 0.6) is 11.5 Å². The smallest absolute Gasteiger partial charge is 0.174 e. The van der Waals surface area contributed by atoms with Crippen LogP contribution in [-0.4, -0.2) is 42.0 Å². The molecule has 1 atom stereocenters. The molecule has 150 valence electrons. The SMILES string of the molecule is CC(C)(C)C(C(=O)c1ccc2c(c1)Cc1ccccc1O2)S1(C)CCOCC1. The minimum Gasteiger partial charge on any atom is -0.457 e. The molecule has 2 aromatic carbocycles. The summed E-state index contributed by atoms with van der Waals surface area (Å²) in [6.07, 6.45) is 3.16. The first-order valence-corrected chi connectivity index (χ1v) is 12.5. The van der Waals surface area contributed by atoms with Crippen molar-refractivity contribution in [3.05, 3.63) is 59.2 Å². The van der Waals surface area contributed by atoms with Crippen molar-refractivity contribution >= 4 is 15.8 Å². The van der Waals surface area contributed by atoms with Crippen molar-refractivity contribution < 1.29 is 14.3 Å². The highest BCUT2D eigenvalue weighted by Crippen LogP contribution is 2.57. The lowest BCUT2D eigenvalue weighted by molar-refractivity contribution is 0.0945. The van der Waals surface area contributed by atoms with Crippen LogP contribution in [0.3, 0.4) is 0 Å². The lowest BCUT2D eigenvalue weighted by Gasteiger charge is -2.50. The zero-order valence-corrected chi connectivity index (χ0v) is 18.1. The second-order valence-electron chi connectivity index (χ2n) is 9.19. The minimum atomic E-state index is -1.06. The highest BCUT2D eigenvalue weighted by molar-refractivity contribution is 8.34. The van der Waals surface area contributed by atoms with E-state index < -0.39 is 10.0 Å². The molecule has 2 heterocycles. The molecule has 0 saturated carbocycles. The Morgan fingerprint density at radius 3 is 2.39 bits per heavy atom. The van der Waals surface area contributed by atoms with Gasteiger partial charge in [0, 0.05) is 29.1 Å². The Bertz CT molecular complexity index is 891. The molecule has 0 aliphatic carbocycles. The van der Waals surface area contributed by atoms with Gasteiger partial charge in [-0.25, -0.2) is 10.0 Å². The van der Waals surface area contributed by atoms with Gasteiger partial charge in [0.1, 0.15) is 11.5 Å². The lowest BCUT2D eigenvalue weighted by Crippen LogP contribution is -2.44. The number of para-hydroxylation sites is 1. The summed E-state index contributed by atoms with van der Waals surface area (Å²) >= 11 is 0. The number of rotatable bonds is 3. The van der Waals surface area contributed by atoms with Crippen molar-refractivity contribution in [2.24, 2.45) is 5.41 Å². The van der Waals surface area contributed by atoms with E-state index in [0.29, 0.717) is 0 Å². The quantitative estimate of drug-likeness (QED) is 0.551. The number of benzene rings is 2. The molecule has 1 saturated heterocycles. The molecule has 2 aromatic rings. The van der Waals surface area contributed by atoms with Crippen LogP contribution >= 0.6 is 10.0 Å². The average molecular weight is 399 g/mol. The molecule has 0 amide bonds. The van der Waals surface area contributed by atoms with E-state index in [0.717, 1.165) is 53.8 Å². The molecule has 0 N–H and O–H groups in total. The van der Waals surface area contributed by atoms with Crippen molar-refractivity contribution in [2.45, 2.75) is 32.4 Å². The first-order chi connectivity index (χ1) is 13.3. The van der Waals surface area contributed by atoms with Gasteiger partial charge < -0.3 is 9.47 Å². The van der Waals surface area contributed by atoms with Crippen molar-refractivity contribution in [2.75, 3.05) is 31.0 Å². The van der Waals surface area contributed by atoms with Crippen LogP contribution in [0.4, 0.5) is 0 Å². The molecule has 1 unspecified atom stereocenters. The minimum absolute atomic E-state index is 0.0405. The van der Waals surface area contributed by atoms with Crippen LogP contribution in [0, 0.1) is 5.41 Å². The Morgan fingerprint density at radius 1 is 1.00 bits per heavy atom. The molecule has 1 fully saturated rings. The predicted molar refractivity (Wildman–Crippen MR) is 117 cm³/mol. The number of carbonyl (C=O) groups excluding carboxylic acids is 1. The third-order valence-corrected chi connectivity index (χ3v) is 10.2. The molecule has 2 aliphatic rings. The summed E-state index contributed by atoms with van der Waals surface area (Å²) in [4.78, 5) is 13.8. The van der Waals surface area contributed by atoms with Crippen LogP contribution in [-0.2, 0) is 11.2 Å². The molecule has 4 heteroatoms. The second kappa shape index (κ2) is 7.23. The summed E-state index contributed by atoms with van der Waals surface area (Å²) in [6, 6.07) is 14.1. The van der Waals surface area contributed by atoms with Gasteiger partial charge in [-0.3, -0.25) is 4.79 Å². The zero-order chi connectivity index (χ0) is 19.9. The van der Waals surface area contributed by atoms with Gasteiger partial charge in [-0.05, 0) is 41.5 Å². The summed E-state index contributed by atoms with van der Waals surface area (Å²) < 4.78 is 11.7. The summed E-state index contributed by atoms with van der Waals surface area (Å²) in [5.74, 6) is 4.10. The van der Waals surface area contributed by atoms with Crippen molar-refractivity contribution in [1.29, 1.82) is 0 Å². The Kier molecular flexibility index (Phi) is 5.05. The average Bonchev–Trinajstić information content (AvgIpc) is 2.65. The third-order valence-electron chi connectivity index (χ3n) is 5.90. The van der Waals surface area contributed by atoms with Gasteiger partial charge >= 0.3 is 0 Å². The van der Waals surface area contributed by atoms with Gasteiger partial charge in [0.05, 0.1) is 18.5 Å². The molecular formula is C24H30O3S. The van der Waals surface area contributed by atoms with E-state index in [1.165, 1.54) is 5.56 Å². The van der Waals surface area contributed by atoms with E-state index >= 15 is 0 Å². The molecule has 2 aliphatic heterocycles. The normalized spacial score (nSPS) is 20.3. The monoisotopic (exact) mass is 398 g/mol. The molecule has 3 nitrogen and oxygen atoms in total. The molecule has 0 spiro atoms. The number of hydrogen-bond acceptors (Lipinski definition) is 3. The summed E-state index contributed by atoms with van der Waals surface area (Å²) in [5, 5.41) is 0.0405. The van der Waals surface area contributed by atoms with Crippen LogP contribution in [0.15, 0.2) is 42.5 Å². The molecular weight excluding hydrogens is 368 g/mol. The number of fused-ring (bicyclic) bond motifs is 2. The molecule has 0 bridgehead atoms. The Balaban J connectivity index is 1.67. The fraction of sp³-hybridized carbons (Fsp3) is 0.458. The maximum absolute atomic E-state index is 13.8. The fourth-order valence-corrected chi connectivity index (χ4v) is 8.67. The van der Waals surface area contributed by atoms with Gasteiger partial charge in [-0.1, -0.05) is 39.0 Å². The van der Waals surface area contributed by atoms with Crippen molar-refractivity contribution in [1.82, 2.24) is 0 Å². The largest absolute Gasteiger partial charge is 0.457 e. The number of ketones is 1. The van der Waals surface area contributed by atoms with Gasteiger partial charge in [0.15, 0.2) is 5.78 Å². The Morgan fingerprint density at radius 2 is 1.68 bits per heavy atom. The number of Topliss-reactive ketones (excluding diaryl/α,β-unsaturated/α-hetero) is 1. The Labute approximate surface area is 169 Å². The zero-order valence-electron chi connectivity index (χ0n) is 17.3. The van der Waals surface area contributed by atoms with Gasteiger partial charge in [-0.15, -0.1) is 0 Å². The van der Waals surface area contributed by atoms with E-state index in [-0.39, 0.29) is 16.4 Å². The summed E-state index contributed by atoms with van der Waals surface area (Å²) in [7, 11) is -1.06. The van der Waals surface area contributed by atoms with E-state index in [2.05, 4.69) is 39.2 Å². The molecule has 28 heavy (non-hydrogen) atoms. The maximum Gasteiger partial charge on any atom is 0.174 e. The standard InChI is InChI=1S/C24H30O3S/c1-24(2,3)23(28(4)13-11-26-12-14-28)22(25)18-9-10-21-19(16-18)15-17-7-5-6-8-20(17)27-21/h5-10,16,23H,11-15H2,1-4H3. The van der Waals surface area contributed by atoms with E-state index in [4.69, 9.17) is 9.47 Å². The summed E-state index contributed by atoms with van der Waals surface area (Å²) in [5.41, 5.74) is 3.03. The summed E-state index contributed by atoms with van der Waals surface area (Å²) in [6.45, 7) is 8.18. The first kappa shape index (κ1) is 19.5.